The van der Waals surface area contributed by atoms with E-state index < -0.39 is 0 Å². The van der Waals surface area contributed by atoms with Crippen LogP contribution in [0, 0.1) is 5.92 Å². The summed E-state index contributed by atoms with van der Waals surface area (Å²) in [5.41, 5.74) is 5.43. The highest BCUT2D eigenvalue weighted by Crippen LogP contribution is 2.06. The van der Waals surface area contributed by atoms with Crippen molar-refractivity contribution in [3.8, 4) is 0 Å². The van der Waals surface area contributed by atoms with Crippen LogP contribution in [0.3, 0.4) is 0 Å². The summed E-state index contributed by atoms with van der Waals surface area (Å²) in [4.78, 5) is 0.547. The van der Waals surface area contributed by atoms with Crippen molar-refractivity contribution >= 4 is 17.2 Å². The van der Waals surface area contributed by atoms with Crippen molar-refractivity contribution in [3.63, 3.8) is 0 Å². The molecule has 0 aromatic carbocycles. The number of thiocarbonyl (C=S) groups is 1. The van der Waals surface area contributed by atoms with Gasteiger partial charge in [-0.3, -0.25) is 0 Å². The van der Waals surface area contributed by atoms with Gasteiger partial charge in [0.1, 0.15) is 0 Å². The van der Waals surface area contributed by atoms with Crippen molar-refractivity contribution in [3.05, 3.63) is 0 Å². The van der Waals surface area contributed by atoms with Crippen LogP contribution >= 0.6 is 12.2 Å². The van der Waals surface area contributed by atoms with Gasteiger partial charge in [0.15, 0.2) is 0 Å². The molecule has 0 bridgehead atoms. The molecule has 0 saturated carbocycles. The highest BCUT2D eigenvalue weighted by atomic mass is 32.1. The van der Waals surface area contributed by atoms with Crippen molar-refractivity contribution in [2.75, 3.05) is 6.61 Å². The van der Waals surface area contributed by atoms with Gasteiger partial charge in [0.25, 0.3) is 0 Å². The maximum Gasteiger partial charge on any atom is 0.0753 e. The topological polar surface area (TPSA) is 35.2 Å². The van der Waals surface area contributed by atoms with Crippen LogP contribution < -0.4 is 5.73 Å². The Morgan fingerprint density at radius 3 is 2.42 bits per heavy atom. The third kappa shape index (κ3) is 6.55. The summed E-state index contributed by atoms with van der Waals surface area (Å²) >= 11 is 4.82. The summed E-state index contributed by atoms with van der Waals surface area (Å²) < 4.78 is 5.60. The second-order valence-corrected chi connectivity index (χ2v) is 3.95. The highest BCUT2D eigenvalue weighted by Gasteiger charge is 2.08. The second kappa shape index (κ2) is 6.38. The molecule has 0 spiro atoms. The highest BCUT2D eigenvalue weighted by molar-refractivity contribution is 7.80. The quantitative estimate of drug-likeness (QED) is 0.650. The van der Waals surface area contributed by atoms with E-state index >= 15 is 0 Å². The Balaban J connectivity index is 3.60. The average Bonchev–Trinajstić information content (AvgIpc) is 1.97. The van der Waals surface area contributed by atoms with Crippen molar-refractivity contribution in [2.45, 2.75) is 39.7 Å². The fraction of sp³-hybridized carbons (Fsp3) is 0.889. The molecule has 0 amide bonds. The molecule has 12 heavy (non-hydrogen) atoms. The first-order chi connectivity index (χ1) is 5.56. The summed E-state index contributed by atoms with van der Waals surface area (Å²) in [6, 6.07) is 0. The Labute approximate surface area is 80.5 Å². The van der Waals surface area contributed by atoms with E-state index in [0.717, 1.165) is 13.0 Å². The molecule has 0 aliphatic rings. The number of hydrogen-bond donors (Lipinski definition) is 1. The molecule has 72 valence electrons. The van der Waals surface area contributed by atoms with Crippen LogP contribution in [0.4, 0.5) is 0 Å². The van der Waals surface area contributed by atoms with Crippen LogP contribution in [0.1, 0.15) is 33.6 Å². The lowest BCUT2D eigenvalue weighted by molar-refractivity contribution is 0.0384. The average molecular weight is 189 g/mol. The first kappa shape index (κ1) is 11.8. The van der Waals surface area contributed by atoms with Crippen LogP contribution in [-0.4, -0.2) is 17.7 Å². The molecule has 0 heterocycles. The van der Waals surface area contributed by atoms with Gasteiger partial charge < -0.3 is 10.5 Å². The lowest BCUT2D eigenvalue weighted by atomic mass is 10.2. The molecule has 0 aromatic heterocycles. The van der Waals surface area contributed by atoms with Gasteiger partial charge in [-0.15, -0.1) is 0 Å². The molecule has 1 atom stereocenters. The van der Waals surface area contributed by atoms with Gasteiger partial charge in [0, 0.05) is 13.0 Å². The minimum Gasteiger partial charge on any atom is -0.393 e. The summed E-state index contributed by atoms with van der Waals surface area (Å²) in [5.74, 6) is 0.574. The lowest BCUT2D eigenvalue weighted by Gasteiger charge is -2.16. The zero-order valence-electron chi connectivity index (χ0n) is 8.17. The smallest absolute Gasteiger partial charge is 0.0753 e. The van der Waals surface area contributed by atoms with E-state index in [0.29, 0.717) is 17.3 Å². The fourth-order valence-corrected chi connectivity index (χ4v) is 1.06. The molecule has 2 N–H and O–H groups in total. The molecule has 0 saturated heterocycles. The zero-order chi connectivity index (χ0) is 9.56. The minimum absolute atomic E-state index is 0.213. The molecule has 0 radical (unpaired) electrons. The Morgan fingerprint density at radius 2 is 2.08 bits per heavy atom. The van der Waals surface area contributed by atoms with Crippen molar-refractivity contribution < 1.29 is 4.74 Å². The van der Waals surface area contributed by atoms with Crippen LogP contribution in [0.15, 0.2) is 0 Å². The van der Waals surface area contributed by atoms with E-state index in [1.54, 1.807) is 0 Å². The van der Waals surface area contributed by atoms with Gasteiger partial charge in [-0.05, 0) is 12.3 Å². The molecule has 3 heteroatoms. The molecule has 0 fully saturated rings. The number of nitrogens with two attached hydrogens (primary N) is 1. The summed E-state index contributed by atoms with van der Waals surface area (Å²) in [6.07, 6.45) is 1.90. The second-order valence-electron chi connectivity index (χ2n) is 3.43. The SMILES string of the molecule is CCC(CC(N)=S)OCC(C)C. The van der Waals surface area contributed by atoms with Crippen LogP contribution in [0.25, 0.3) is 0 Å². The van der Waals surface area contributed by atoms with Crippen LogP contribution in [0.5, 0.6) is 0 Å². The van der Waals surface area contributed by atoms with E-state index in [9.17, 15) is 0 Å². The molecular weight excluding hydrogens is 170 g/mol. The monoisotopic (exact) mass is 189 g/mol. The lowest BCUT2D eigenvalue weighted by Crippen LogP contribution is -2.22. The minimum atomic E-state index is 0.213. The molecule has 0 aromatic rings. The normalized spacial score (nSPS) is 13.3. The van der Waals surface area contributed by atoms with Gasteiger partial charge in [-0.1, -0.05) is 33.0 Å². The van der Waals surface area contributed by atoms with E-state index in [1.165, 1.54) is 0 Å². The summed E-state index contributed by atoms with van der Waals surface area (Å²) in [6.45, 7) is 7.14. The summed E-state index contributed by atoms with van der Waals surface area (Å²) in [5, 5.41) is 0. The Kier molecular flexibility index (Phi) is 6.30. The van der Waals surface area contributed by atoms with Gasteiger partial charge >= 0.3 is 0 Å². The maximum absolute atomic E-state index is 5.60. The molecule has 1 unspecified atom stereocenters. The largest absolute Gasteiger partial charge is 0.393 e. The predicted octanol–water partition coefficient (Wildman–Crippen LogP) is 2.11. The van der Waals surface area contributed by atoms with Crippen LogP contribution in [-0.2, 0) is 4.74 Å². The summed E-state index contributed by atoms with van der Waals surface area (Å²) in [7, 11) is 0. The van der Waals surface area contributed by atoms with E-state index in [1.807, 2.05) is 0 Å². The first-order valence-electron chi connectivity index (χ1n) is 4.46. The van der Waals surface area contributed by atoms with Crippen molar-refractivity contribution in [1.82, 2.24) is 0 Å². The molecule has 0 rings (SSSR count). The van der Waals surface area contributed by atoms with Gasteiger partial charge in [-0.25, -0.2) is 0 Å². The third-order valence-corrected chi connectivity index (χ3v) is 1.72. The third-order valence-electron chi connectivity index (χ3n) is 1.55. The molecule has 2 nitrogen and oxygen atoms in total. The van der Waals surface area contributed by atoms with Crippen LogP contribution in [0.2, 0.25) is 0 Å². The number of rotatable bonds is 6. The van der Waals surface area contributed by atoms with Gasteiger partial charge in [-0.2, -0.15) is 0 Å². The van der Waals surface area contributed by atoms with E-state index in [4.69, 9.17) is 22.7 Å². The predicted molar refractivity (Wildman–Crippen MR) is 56.3 cm³/mol. The first-order valence-corrected chi connectivity index (χ1v) is 4.87. The number of hydrogen-bond acceptors (Lipinski definition) is 2. The fourth-order valence-electron chi connectivity index (χ4n) is 0.874. The Hall–Kier alpha value is -0.150. The maximum atomic E-state index is 5.60. The Morgan fingerprint density at radius 1 is 1.50 bits per heavy atom. The van der Waals surface area contributed by atoms with E-state index in [-0.39, 0.29) is 6.10 Å². The Bertz CT molecular complexity index is 136. The zero-order valence-corrected chi connectivity index (χ0v) is 8.99. The number of ether oxygens (including phenoxy) is 1. The van der Waals surface area contributed by atoms with Crippen molar-refractivity contribution in [2.24, 2.45) is 11.7 Å². The molecule has 0 aliphatic carbocycles. The van der Waals surface area contributed by atoms with Gasteiger partial charge in [0.05, 0.1) is 11.1 Å². The van der Waals surface area contributed by atoms with Gasteiger partial charge in [0.2, 0.25) is 0 Å². The van der Waals surface area contributed by atoms with Crippen molar-refractivity contribution in [1.29, 1.82) is 0 Å². The standard InChI is InChI=1S/C9H19NOS/c1-4-8(5-9(10)12)11-6-7(2)3/h7-8H,4-6H2,1-3H3,(H2,10,12). The molecular formula is C9H19NOS. The van der Waals surface area contributed by atoms with E-state index in [2.05, 4.69) is 20.8 Å². The molecule has 0 aliphatic heterocycles.